The smallest absolute Gasteiger partial charge is 0.288 e. The zero-order valence-corrected chi connectivity index (χ0v) is 15.0. The van der Waals surface area contributed by atoms with E-state index in [1.54, 1.807) is 30.0 Å². The van der Waals surface area contributed by atoms with E-state index in [9.17, 15) is 9.59 Å². The van der Waals surface area contributed by atoms with Gasteiger partial charge in [0.2, 0.25) is 5.76 Å². The maximum Gasteiger partial charge on any atom is 0.288 e. The van der Waals surface area contributed by atoms with Crippen LogP contribution < -0.4 is 10.7 Å². The molecule has 4 nitrogen and oxygen atoms in total. The first-order valence-corrected chi connectivity index (χ1v) is 9.31. The quantitative estimate of drug-likeness (QED) is 0.656. The van der Waals surface area contributed by atoms with Gasteiger partial charge in [-0.3, -0.25) is 9.59 Å². The standard InChI is InChI=1S/C18H12BrNO3S/c1-24-11-5-2-9(3-6-11)15-14-16(21)12-8-10(19)4-7-13(12)23-17(14)18(22)20-15/h2-8,15H,1H3,(H,20,22). The number of nitrogens with one attached hydrogen (secondary N) is 1. The van der Waals surface area contributed by atoms with Crippen LogP contribution >= 0.6 is 27.7 Å². The number of amides is 1. The van der Waals surface area contributed by atoms with E-state index >= 15 is 0 Å². The van der Waals surface area contributed by atoms with Crippen LogP contribution in [0.15, 0.2) is 61.0 Å². The van der Waals surface area contributed by atoms with Gasteiger partial charge in [0, 0.05) is 9.37 Å². The number of benzene rings is 2. The minimum Gasteiger partial charge on any atom is -0.450 e. The zero-order valence-electron chi connectivity index (χ0n) is 12.6. The third kappa shape index (κ3) is 2.37. The number of carbonyl (C=O) groups is 1. The van der Waals surface area contributed by atoms with Crippen molar-refractivity contribution in [3.63, 3.8) is 0 Å². The molecule has 2 heterocycles. The van der Waals surface area contributed by atoms with Crippen molar-refractivity contribution in [1.29, 1.82) is 0 Å². The van der Waals surface area contributed by atoms with Crippen molar-refractivity contribution >= 4 is 44.6 Å². The molecule has 1 aliphatic rings. The molecule has 0 bridgehead atoms. The Balaban J connectivity index is 1.93. The largest absolute Gasteiger partial charge is 0.450 e. The van der Waals surface area contributed by atoms with E-state index in [-0.39, 0.29) is 17.1 Å². The van der Waals surface area contributed by atoms with Crippen molar-refractivity contribution in [2.45, 2.75) is 10.9 Å². The van der Waals surface area contributed by atoms with Gasteiger partial charge in [0.05, 0.1) is 17.0 Å². The number of hydrogen-bond acceptors (Lipinski definition) is 4. The molecule has 2 aromatic carbocycles. The third-order valence-electron chi connectivity index (χ3n) is 4.11. The second-order valence-electron chi connectivity index (χ2n) is 5.49. The first-order chi connectivity index (χ1) is 11.6. The number of carbonyl (C=O) groups excluding carboxylic acids is 1. The summed E-state index contributed by atoms with van der Waals surface area (Å²) in [5.74, 6) is -0.250. The zero-order chi connectivity index (χ0) is 16.8. The lowest BCUT2D eigenvalue weighted by molar-refractivity contribution is 0.0938. The van der Waals surface area contributed by atoms with Crippen molar-refractivity contribution in [3.05, 3.63) is 74.0 Å². The van der Waals surface area contributed by atoms with Crippen LogP contribution in [0, 0.1) is 0 Å². The molecule has 1 atom stereocenters. The summed E-state index contributed by atoms with van der Waals surface area (Å²) >= 11 is 5.01. The van der Waals surface area contributed by atoms with Crippen molar-refractivity contribution in [2.24, 2.45) is 0 Å². The van der Waals surface area contributed by atoms with Crippen LogP contribution in [0.3, 0.4) is 0 Å². The lowest BCUT2D eigenvalue weighted by atomic mass is 9.99. The Morgan fingerprint density at radius 1 is 1.12 bits per heavy atom. The van der Waals surface area contributed by atoms with Crippen LogP contribution in [0.5, 0.6) is 0 Å². The van der Waals surface area contributed by atoms with Gasteiger partial charge in [-0.15, -0.1) is 11.8 Å². The van der Waals surface area contributed by atoms with Gasteiger partial charge in [-0.05, 0) is 42.2 Å². The SMILES string of the molecule is CSc1ccc(C2NC(=O)c3oc4ccc(Br)cc4c(=O)c32)cc1. The highest BCUT2D eigenvalue weighted by Crippen LogP contribution is 2.32. The lowest BCUT2D eigenvalue weighted by Crippen LogP contribution is -2.21. The summed E-state index contributed by atoms with van der Waals surface area (Å²) in [6, 6.07) is 12.5. The number of hydrogen-bond donors (Lipinski definition) is 1. The summed E-state index contributed by atoms with van der Waals surface area (Å²) in [4.78, 5) is 26.3. The Bertz CT molecular complexity index is 1030. The van der Waals surface area contributed by atoms with Gasteiger partial charge in [0.25, 0.3) is 5.91 Å². The average Bonchev–Trinajstić information content (AvgIpc) is 2.93. The monoisotopic (exact) mass is 401 g/mol. The van der Waals surface area contributed by atoms with E-state index in [1.165, 1.54) is 0 Å². The summed E-state index contributed by atoms with van der Waals surface area (Å²) in [6.45, 7) is 0. The van der Waals surface area contributed by atoms with E-state index in [0.717, 1.165) is 14.9 Å². The Morgan fingerprint density at radius 3 is 2.58 bits per heavy atom. The highest BCUT2D eigenvalue weighted by Gasteiger charge is 2.35. The number of thioether (sulfide) groups is 1. The molecule has 6 heteroatoms. The second-order valence-corrected chi connectivity index (χ2v) is 7.29. The van der Waals surface area contributed by atoms with E-state index in [4.69, 9.17) is 4.42 Å². The normalized spacial score (nSPS) is 16.2. The van der Waals surface area contributed by atoms with Gasteiger partial charge < -0.3 is 9.73 Å². The molecule has 1 N–H and O–H groups in total. The molecular weight excluding hydrogens is 390 g/mol. The lowest BCUT2D eigenvalue weighted by Gasteiger charge is -2.12. The highest BCUT2D eigenvalue weighted by atomic mass is 79.9. The molecule has 4 rings (SSSR count). The molecule has 0 saturated heterocycles. The molecule has 0 fully saturated rings. The molecule has 0 spiro atoms. The third-order valence-corrected chi connectivity index (χ3v) is 5.34. The first-order valence-electron chi connectivity index (χ1n) is 7.29. The predicted molar refractivity (Wildman–Crippen MR) is 97.7 cm³/mol. The van der Waals surface area contributed by atoms with Crippen molar-refractivity contribution < 1.29 is 9.21 Å². The fourth-order valence-corrected chi connectivity index (χ4v) is 3.70. The topological polar surface area (TPSA) is 59.3 Å². The fourth-order valence-electron chi connectivity index (χ4n) is 2.93. The molecule has 1 aromatic heterocycles. The minimum atomic E-state index is -0.483. The summed E-state index contributed by atoms with van der Waals surface area (Å²) in [5, 5.41) is 3.32. The van der Waals surface area contributed by atoms with Crippen molar-refractivity contribution in [2.75, 3.05) is 6.26 Å². The summed E-state index contributed by atoms with van der Waals surface area (Å²) in [7, 11) is 0. The molecule has 1 aliphatic heterocycles. The molecule has 0 aliphatic carbocycles. The summed E-state index contributed by atoms with van der Waals surface area (Å²) < 4.78 is 6.50. The van der Waals surface area contributed by atoms with E-state index in [2.05, 4.69) is 21.2 Å². The molecule has 24 heavy (non-hydrogen) atoms. The summed E-state index contributed by atoms with van der Waals surface area (Å²) in [6.07, 6.45) is 2.00. The van der Waals surface area contributed by atoms with Crippen LogP contribution in [0.1, 0.15) is 27.7 Å². The molecule has 1 unspecified atom stereocenters. The van der Waals surface area contributed by atoms with Crippen LogP contribution in [0.2, 0.25) is 0 Å². The van der Waals surface area contributed by atoms with Gasteiger partial charge in [-0.1, -0.05) is 28.1 Å². The molecule has 3 aromatic rings. The van der Waals surface area contributed by atoms with Gasteiger partial charge in [-0.2, -0.15) is 0 Å². The molecule has 0 saturated carbocycles. The van der Waals surface area contributed by atoms with Crippen LogP contribution in [0.4, 0.5) is 0 Å². The molecule has 1 amide bonds. The average molecular weight is 402 g/mol. The van der Waals surface area contributed by atoms with E-state index in [0.29, 0.717) is 16.5 Å². The molecule has 120 valence electrons. The highest BCUT2D eigenvalue weighted by molar-refractivity contribution is 9.10. The number of fused-ring (bicyclic) bond motifs is 2. The Hall–Kier alpha value is -2.05. The van der Waals surface area contributed by atoms with Crippen LogP contribution in [-0.2, 0) is 0 Å². The van der Waals surface area contributed by atoms with Gasteiger partial charge in [0.1, 0.15) is 5.58 Å². The maximum absolute atomic E-state index is 12.9. The van der Waals surface area contributed by atoms with Crippen molar-refractivity contribution in [1.82, 2.24) is 5.32 Å². The Kier molecular flexibility index (Phi) is 3.73. The van der Waals surface area contributed by atoms with E-state index in [1.807, 2.05) is 30.5 Å². The van der Waals surface area contributed by atoms with Gasteiger partial charge in [-0.25, -0.2) is 0 Å². The van der Waals surface area contributed by atoms with Gasteiger partial charge >= 0.3 is 0 Å². The van der Waals surface area contributed by atoms with Crippen LogP contribution in [-0.4, -0.2) is 12.2 Å². The number of rotatable bonds is 2. The Labute approximate surface area is 150 Å². The molecular formula is C18H12BrNO3S. The van der Waals surface area contributed by atoms with Gasteiger partial charge in [0.15, 0.2) is 5.43 Å². The Morgan fingerprint density at radius 2 is 1.88 bits per heavy atom. The summed E-state index contributed by atoms with van der Waals surface area (Å²) in [5.41, 5.74) is 1.48. The first kappa shape index (κ1) is 15.5. The molecule has 0 radical (unpaired) electrons. The second kappa shape index (κ2) is 5.79. The minimum absolute atomic E-state index is 0.105. The van der Waals surface area contributed by atoms with Crippen LogP contribution in [0.25, 0.3) is 11.0 Å². The fraction of sp³-hybridized carbons (Fsp3) is 0.111. The maximum atomic E-state index is 12.9. The van der Waals surface area contributed by atoms with Crippen molar-refractivity contribution in [3.8, 4) is 0 Å². The number of halogens is 1. The predicted octanol–water partition coefficient (Wildman–Crippen LogP) is 4.11. The van der Waals surface area contributed by atoms with E-state index < -0.39 is 6.04 Å².